The van der Waals surface area contributed by atoms with Crippen molar-refractivity contribution in [1.29, 1.82) is 0 Å². The molecule has 1 aliphatic heterocycles. The van der Waals surface area contributed by atoms with Gasteiger partial charge in [0.15, 0.2) is 0 Å². The Hall–Kier alpha value is -0.860. The van der Waals surface area contributed by atoms with Crippen LogP contribution in [0.15, 0.2) is 30.3 Å². The van der Waals surface area contributed by atoms with Crippen LogP contribution in [-0.2, 0) is 6.42 Å². The van der Waals surface area contributed by atoms with Crippen molar-refractivity contribution in [3.63, 3.8) is 0 Å². The molecule has 2 heteroatoms. The van der Waals surface area contributed by atoms with Crippen molar-refractivity contribution >= 4 is 0 Å². The molecule has 0 bridgehead atoms. The summed E-state index contributed by atoms with van der Waals surface area (Å²) in [5.41, 5.74) is 1.46. The summed E-state index contributed by atoms with van der Waals surface area (Å²) in [5, 5.41) is 0. The number of nitrogens with zero attached hydrogens (tertiary/aromatic N) is 2. The Labute approximate surface area is 118 Å². The van der Waals surface area contributed by atoms with Crippen molar-refractivity contribution in [2.24, 2.45) is 5.92 Å². The van der Waals surface area contributed by atoms with Gasteiger partial charge in [0.25, 0.3) is 0 Å². The zero-order valence-corrected chi connectivity index (χ0v) is 12.7. The van der Waals surface area contributed by atoms with Crippen LogP contribution in [0, 0.1) is 5.92 Å². The number of benzene rings is 1. The predicted octanol–water partition coefficient (Wildman–Crippen LogP) is 2.89. The Morgan fingerprint density at radius 2 is 1.89 bits per heavy atom. The highest BCUT2D eigenvalue weighted by Gasteiger charge is 2.32. The SMILES string of the molecule is CCC[C@@H]1CN(CCc2ccccc2)C[C@H]1N(C)C. The van der Waals surface area contributed by atoms with Gasteiger partial charge in [-0.15, -0.1) is 0 Å². The molecule has 19 heavy (non-hydrogen) atoms. The minimum atomic E-state index is 0.746. The van der Waals surface area contributed by atoms with Crippen LogP contribution in [-0.4, -0.2) is 49.6 Å². The predicted molar refractivity (Wildman–Crippen MR) is 82.5 cm³/mol. The maximum atomic E-state index is 2.65. The van der Waals surface area contributed by atoms with Gasteiger partial charge in [0, 0.05) is 25.7 Å². The monoisotopic (exact) mass is 260 g/mol. The molecule has 0 N–H and O–H groups in total. The fraction of sp³-hybridized carbons (Fsp3) is 0.647. The Balaban J connectivity index is 1.85. The van der Waals surface area contributed by atoms with E-state index in [1.807, 2.05) is 0 Å². The van der Waals surface area contributed by atoms with E-state index in [4.69, 9.17) is 0 Å². The molecule has 1 saturated heterocycles. The minimum absolute atomic E-state index is 0.746. The first kappa shape index (κ1) is 14.5. The molecular weight excluding hydrogens is 232 g/mol. The number of hydrogen-bond donors (Lipinski definition) is 0. The largest absolute Gasteiger partial charge is 0.305 e. The Bertz CT molecular complexity index is 361. The average molecular weight is 260 g/mol. The summed E-state index contributed by atoms with van der Waals surface area (Å²) in [6.45, 7) is 6.03. The zero-order chi connectivity index (χ0) is 13.7. The Morgan fingerprint density at radius 1 is 1.16 bits per heavy atom. The highest BCUT2D eigenvalue weighted by molar-refractivity contribution is 5.15. The summed E-state index contributed by atoms with van der Waals surface area (Å²) in [7, 11) is 4.46. The van der Waals surface area contributed by atoms with E-state index in [1.54, 1.807) is 0 Å². The molecule has 1 aromatic carbocycles. The molecule has 0 aromatic heterocycles. The lowest BCUT2D eigenvalue weighted by molar-refractivity contribution is 0.240. The van der Waals surface area contributed by atoms with Crippen LogP contribution in [0.4, 0.5) is 0 Å². The van der Waals surface area contributed by atoms with Crippen molar-refractivity contribution in [2.45, 2.75) is 32.2 Å². The second kappa shape index (κ2) is 7.06. The third-order valence-electron chi connectivity index (χ3n) is 4.36. The lowest BCUT2D eigenvalue weighted by Gasteiger charge is -2.24. The molecule has 106 valence electrons. The highest BCUT2D eigenvalue weighted by Crippen LogP contribution is 2.24. The molecule has 0 spiro atoms. The van der Waals surface area contributed by atoms with E-state index in [2.05, 4.69) is 61.2 Å². The third-order valence-corrected chi connectivity index (χ3v) is 4.36. The highest BCUT2D eigenvalue weighted by atomic mass is 15.2. The number of likely N-dealkylation sites (N-methyl/N-ethyl adjacent to an activating group) is 1. The molecule has 0 amide bonds. The van der Waals surface area contributed by atoms with Crippen molar-refractivity contribution in [2.75, 3.05) is 33.7 Å². The number of rotatable bonds is 6. The van der Waals surface area contributed by atoms with E-state index in [0.717, 1.165) is 12.0 Å². The van der Waals surface area contributed by atoms with E-state index < -0.39 is 0 Å². The van der Waals surface area contributed by atoms with Crippen molar-refractivity contribution in [3.05, 3.63) is 35.9 Å². The molecule has 2 rings (SSSR count). The lowest BCUT2D eigenvalue weighted by atomic mass is 9.98. The first-order valence-electron chi connectivity index (χ1n) is 7.63. The van der Waals surface area contributed by atoms with Gasteiger partial charge in [0.1, 0.15) is 0 Å². The fourth-order valence-corrected chi connectivity index (χ4v) is 3.30. The zero-order valence-electron chi connectivity index (χ0n) is 12.7. The number of likely N-dealkylation sites (tertiary alicyclic amines) is 1. The van der Waals surface area contributed by atoms with Gasteiger partial charge in [-0.1, -0.05) is 43.7 Å². The van der Waals surface area contributed by atoms with Crippen molar-refractivity contribution in [1.82, 2.24) is 9.80 Å². The van der Waals surface area contributed by atoms with Crippen LogP contribution in [0.3, 0.4) is 0 Å². The van der Waals surface area contributed by atoms with Gasteiger partial charge in [-0.3, -0.25) is 0 Å². The molecule has 0 radical (unpaired) electrons. The third kappa shape index (κ3) is 4.05. The molecule has 1 heterocycles. The Morgan fingerprint density at radius 3 is 2.53 bits per heavy atom. The first-order valence-corrected chi connectivity index (χ1v) is 7.63. The van der Waals surface area contributed by atoms with Crippen LogP contribution in [0.25, 0.3) is 0 Å². The first-order chi connectivity index (χ1) is 9.20. The van der Waals surface area contributed by atoms with Crippen molar-refractivity contribution in [3.8, 4) is 0 Å². The molecule has 1 aliphatic rings. The molecule has 1 fully saturated rings. The van der Waals surface area contributed by atoms with Crippen LogP contribution >= 0.6 is 0 Å². The second-order valence-electron chi connectivity index (χ2n) is 6.07. The van der Waals surface area contributed by atoms with Crippen LogP contribution in [0.2, 0.25) is 0 Å². The number of hydrogen-bond acceptors (Lipinski definition) is 2. The maximum Gasteiger partial charge on any atom is 0.0257 e. The van der Waals surface area contributed by atoms with Crippen molar-refractivity contribution < 1.29 is 0 Å². The van der Waals surface area contributed by atoms with Crippen LogP contribution in [0.1, 0.15) is 25.3 Å². The second-order valence-corrected chi connectivity index (χ2v) is 6.07. The molecule has 2 nitrogen and oxygen atoms in total. The van der Waals surface area contributed by atoms with Gasteiger partial charge < -0.3 is 9.80 Å². The summed E-state index contributed by atoms with van der Waals surface area (Å²) in [6.07, 6.45) is 3.85. The Kier molecular flexibility index (Phi) is 5.41. The summed E-state index contributed by atoms with van der Waals surface area (Å²) in [5.74, 6) is 0.857. The summed E-state index contributed by atoms with van der Waals surface area (Å²) >= 11 is 0. The van der Waals surface area contributed by atoms with Gasteiger partial charge in [0.2, 0.25) is 0 Å². The molecule has 1 aromatic rings. The average Bonchev–Trinajstić information content (AvgIpc) is 2.81. The van der Waals surface area contributed by atoms with Gasteiger partial charge in [-0.2, -0.15) is 0 Å². The van der Waals surface area contributed by atoms with Gasteiger partial charge in [-0.25, -0.2) is 0 Å². The normalized spacial score (nSPS) is 24.2. The summed E-state index contributed by atoms with van der Waals surface area (Å²) in [6, 6.07) is 11.6. The van der Waals surface area contributed by atoms with E-state index in [9.17, 15) is 0 Å². The fourth-order valence-electron chi connectivity index (χ4n) is 3.30. The van der Waals surface area contributed by atoms with Gasteiger partial charge in [-0.05, 0) is 38.4 Å². The van der Waals surface area contributed by atoms with Crippen LogP contribution in [0.5, 0.6) is 0 Å². The molecule has 2 atom stereocenters. The molecule has 0 saturated carbocycles. The summed E-state index contributed by atoms with van der Waals surface area (Å²) in [4.78, 5) is 5.07. The van der Waals surface area contributed by atoms with E-state index in [0.29, 0.717) is 0 Å². The van der Waals surface area contributed by atoms with Gasteiger partial charge in [0.05, 0.1) is 0 Å². The van der Waals surface area contributed by atoms with E-state index in [1.165, 1.54) is 44.5 Å². The quantitative estimate of drug-likeness (QED) is 0.776. The minimum Gasteiger partial charge on any atom is -0.305 e. The van der Waals surface area contributed by atoms with Crippen LogP contribution < -0.4 is 0 Å². The van der Waals surface area contributed by atoms with Gasteiger partial charge >= 0.3 is 0 Å². The lowest BCUT2D eigenvalue weighted by Crippen LogP contribution is -2.35. The van der Waals surface area contributed by atoms with E-state index in [-0.39, 0.29) is 0 Å². The standard InChI is InChI=1S/C17H28N2/c1-4-8-16-13-19(14-17(16)18(2)3)12-11-15-9-6-5-7-10-15/h5-7,9-10,16-17H,4,8,11-14H2,1-3H3/t16-,17-/m1/s1. The smallest absolute Gasteiger partial charge is 0.0257 e. The maximum absolute atomic E-state index is 2.65. The molecule has 0 unspecified atom stereocenters. The molecular formula is C17H28N2. The molecule has 0 aliphatic carbocycles. The summed E-state index contributed by atoms with van der Waals surface area (Å²) < 4.78 is 0. The van der Waals surface area contributed by atoms with E-state index >= 15 is 0 Å². The topological polar surface area (TPSA) is 6.48 Å².